The van der Waals surface area contributed by atoms with Gasteiger partial charge in [-0.1, -0.05) is 19.8 Å². The van der Waals surface area contributed by atoms with Gasteiger partial charge in [-0.05, 0) is 44.9 Å². The van der Waals surface area contributed by atoms with E-state index in [9.17, 15) is 4.79 Å². The van der Waals surface area contributed by atoms with Crippen molar-refractivity contribution >= 4 is 5.91 Å². The second-order valence-electron chi connectivity index (χ2n) is 6.03. The normalized spacial score (nSPS) is 17.5. The van der Waals surface area contributed by atoms with Gasteiger partial charge in [0.2, 0.25) is 5.91 Å². The predicted octanol–water partition coefficient (Wildman–Crippen LogP) is 2.95. The highest BCUT2D eigenvalue weighted by atomic mass is 16.2. The molecular formula is C17H29N3O. The zero-order valence-electron chi connectivity index (χ0n) is 13.5. The zero-order chi connectivity index (χ0) is 15.1. The fourth-order valence-corrected chi connectivity index (χ4v) is 3.00. The maximum atomic E-state index is 12.5. The fourth-order valence-electron chi connectivity index (χ4n) is 3.00. The summed E-state index contributed by atoms with van der Waals surface area (Å²) in [7, 11) is 0. The Hall–Kier alpha value is -1.29. The van der Waals surface area contributed by atoms with Gasteiger partial charge in [0, 0.05) is 31.0 Å². The first kappa shape index (κ1) is 16.1. The molecule has 0 aliphatic carbocycles. The van der Waals surface area contributed by atoms with Crippen molar-refractivity contribution in [1.82, 2.24) is 14.8 Å². The fraction of sp³-hybridized carbons (Fsp3) is 0.706. The molecule has 0 spiro atoms. The van der Waals surface area contributed by atoms with E-state index in [-0.39, 0.29) is 11.9 Å². The number of carbonyl (C=O) groups excluding carboxylic acids is 1. The molecule has 0 saturated carbocycles. The van der Waals surface area contributed by atoms with E-state index in [0.717, 1.165) is 38.9 Å². The van der Waals surface area contributed by atoms with Crippen LogP contribution in [0.2, 0.25) is 0 Å². The van der Waals surface area contributed by atoms with Crippen molar-refractivity contribution in [2.45, 2.75) is 58.5 Å². The van der Waals surface area contributed by atoms with Gasteiger partial charge in [0.15, 0.2) is 0 Å². The van der Waals surface area contributed by atoms with E-state index in [2.05, 4.69) is 29.8 Å². The van der Waals surface area contributed by atoms with Gasteiger partial charge < -0.3 is 14.8 Å². The first-order valence-electron chi connectivity index (χ1n) is 8.38. The van der Waals surface area contributed by atoms with E-state index >= 15 is 0 Å². The van der Waals surface area contributed by atoms with Crippen LogP contribution in [-0.4, -0.2) is 35.0 Å². The number of amides is 1. The van der Waals surface area contributed by atoms with Crippen LogP contribution in [0.25, 0.3) is 0 Å². The lowest BCUT2D eigenvalue weighted by Crippen LogP contribution is -2.35. The number of nitrogens with zero attached hydrogens (tertiary/aromatic N) is 2. The molecule has 1 saturated heterocycles. The van der Waals surface area contributed by atoms with Gasteiger partial charge in [0.05, 0.1) is 0 Å². The van der Waals surface area contributed by atoms with Crippen LogP contribution < -0.4 is 5.32 Å². The quantitative estimate of drug-likeness (QED) is 0.875. The molecule has 1 amide bonds. The Kier molecular flexibility index (Phi) is 6.30. The monoisotopic (exact) mass is 291 g/mol. The van der Waals surface area contributed by atoms with E-state index < -0.39 is 0 Å². The van der Waals surface area contributed by atoms with Crippen molar-refractivity contribution in [1.29, 1.82) is 0 Å². The summed E-state index contributed by atoms with van der Waals surface area (Å²) in [5.41, 5.74) is 1.20. The highest BCUT2D eigenvalue weighted by molar-refractivity contribution is 5.76. The molecule has 1 aromatic rings. The Morgan fingerprint density at radius 1 is 1.29 bits per heavy atom. The molecule has 0 aromatic carbocycles. The number of hydrogen-bond donors (Lipinski definition) is 1. The highest BCUT2D eigenvalue weighted by Crippen LogP contribution is 2.15. The van der Waals surface area contributed by atoms with E-state index in [1.165, 1.54) is 18.5 Å². The van der Waals surface area contributed by atoms with Crippen LogP contribution in [0.15, 0.2) is 18.3 Å². The molecule has 1 aromatic heterocycles. The lowest BCUT2D eigenvalue weighted by Gasteiger charge is -2.22. The van der Waals surface area contributed by atoms with E-state index in [1.807, 2.05) is 17.2 Å². The van der Waals surface area contributed by atoms with Gasteiger partial charge in [-0.2, -0.15) is 0 Å². The standard InChI is InChI=1S/C17H29N3O/c1-3-10-18-15(2)16-9-8-13-20(16)14-17(21)19-11-6-4-5-7-12-19/h8-9,13,15,18H,3-7,10-12,14H2,1-2H3. The summed E-state index contributed by atoms with van der Waals surface area (Å²) in [6, 6.07) is 4.44. The number of aromatic nitrogens is 1. The topological polar surface area (TPSA) is 37.3 Å². The summed E-state index contributed by atoms with van der Waals surface area (Å²) in [6.07, 6.45) is 7.97. The molecule has 1 aliphatic rings. The molecule has 0 bridgehead atoms. The van der Waals surface area contributed by atoms with Crippen LogP contribution >= 0.6 is 0 Å². The molecule has 118 valence electrons. The number of rotatable bonds is 6. The minimum atomic E-state index is 0.261. The first-order chi connectivity index (χ1) is 10.2. The number of nitrogens with one attached hydrogen (secondary N) is 1. The lowest BCUT2D eigenvalue weighted by molar-refractivity contribution is -0.131. The third kappa shape index (κ3) is 4.60. The van der Waals surface area contributed by atoms with Crippen LogP contribution in [-0.2, 0) is 11.3 Å². The maximum Gasteiger partial charge on any atom is 0.242 e. The van der Waals surface area contributed by atoms with E-state index in [1.54, 1.807) is 0 Å². The lowest BCUT2D eigenvalue weighted by atomic mass is 10.2. The average Bonchev–Trinajstić information content (AvgIpc) is 2.76. The zero-order valence-corrected chi connectivity index (χ0v) is 13.5. The molecule has 4 nitrogen and oxygen atoms in total. The second-order valence-corrected chi connectivity index (χ2v) is 6.03. The molecule has 2 heterocycles. The summed E-state index contributed by atoms with van der Waals surface area (Å²) in [5, 5.41) is 3.49. The molecule has 1 aliphatic heterocycles. The number of carbonyl (C=O) groups is 1. The molecule has 0 radical (unpaired) electrons. The molecule has 1 atom stereocenters. The van der Waals surface area contributed by atoms with Crippen molar-refractivity contribution < 1.29 is 4.79 Å². The first-order valence-corrected chi connectivity index (χ1v) is 8.38. The minimum Gasteiger partial charge on any atom is -0.341 e. The molecule has 2 rings (SSSR count). The number of hydrogen-bond acceptors (Lipinski definition) is 2. The molecule has 1 fully saturated rings. The van der Waals surface area contributed by atoms with E-state index in [0.29, 0.717) is 6.54 Å². The van der Waals surface area contributed by atoms with Crippen molar-refractivity contribution in [2.24, 2.45) is 0 Å². The van der Waals surface area contributed by atoms with Crippen molar-refractivity contribution in [3.63, 3.8) is 0 Å². The van der Waals surface area contributed by atoms with Gasteiger partial charge in [-0.3, -0.25) is 4.79 Å². The van der Waals surface area contributed by atoms with Gasteiger partial charge in [0.25, 0.3) is 0 Å². The van der Waals surface area contributed by atoms with Crippen molar-refractivity contribution in [3.8, 4) is 0 Å². The summed E-state index contributed by atoms with van der Waals surface area (Å²) < 4.78 is 2.10. The van der Waals surface area contributed by atoms with Crippen LogP contribution in [0, 0.1) is 0 Å². The Balaban J connectivity index is 1.95. The van der Waals surface area contributed by atoms with Gasteiger partial charge in [0.1, 0.15) is 6.54 Å². The molecule has 1 N–H and O–H groups in total. The van der Waals surface area contributed by atoms with Gasteiger partial charge >= 0.3 is 0 Å². The Bertz CT molecular complexity index is 433. The Morgan fingerprint density at radius 2 is 2.00 bits per heavy atom. The molecule has 1 unspecified atom stereocenters. The highest BCUT2D eigenvalue weighted by Gasteiger charge is 2.17. The van der Waals surface area contributed by atoms with Gasteiger partial charge in [-0.25, -0.2) is 0 Å². The third-order valence-corrected chi connectivity index (χ3v) is 4.27. The van der Waals surface area contributed by atoms with Gasteiger partial charge in [-0.15, -0.1) is 0 Å². The third-order valence-electron chi connectivity index (χ3n) is 4.27. The van der Waals surface area contributed by atoms with Crippen LogP contribution in [0.5, 0.6) is 0 Å². The van der Waals surface area contributed by atoms with Crippen molar-refractivity contribution in [3.05, 3.63) is 24.0 Å². The molecular weight excluding hydrogens is 262 g/mol. The summed E-state index contributed by atoms with van der Waals surface area (Å²) in [6.45, 7) is 7.67. The predicted molar refractivity (Wildman–Crippen MR) is 86.2 cm³/mol. The smallest absolute Gasteiger partial charge is 0.242 e. The summed E-state index contributed by atoms with van der Waals surface area (Å²) >= 11 is 0. The Morgan fingerprint density at radius 3 is 2.67 bits per heavy atom. The van der Waals surface area contributed by atoms with Crippen LogP contribution in [0.1, 0.15) is 57.7 Å². The average molecular weight is 291 g/mol. The largest absolute Gasteiger partial charge is 0.341 e. The van der Waals surface area contributed by atoms with Crippen LogP contribution in [0.4, 0.5) is 0 Å². The minimum absolute atomic E-state index is 0.261. The molecule has 4 heteroatoms. The SMILES string of the molecule is CCCNC(C)c1cccn1CC(=O)N1CCCCCC1. The summed E-state index contributed by atoms with van der Waals surface area (Å²) in [5.74, 6) is 0.261. The second kappa shape index (κ2) is 8.23. The maximum absolute atomic E-state index is 12.5. The molecule has 21 heavy (non-hydrogen) atoms. The number of likely N-dealkylation sites (tertiary alicyclic amines) is 1. The summed E-state index contributed by atoms with van der Waals surface area (Å²) in [4.78, 5) is 14.5. The Labute approximate surface area is 128 Å². The van der Waals surface area contributed by atoms with E-state index in [4.69, 9.17) is 0 Å². The van der Waals surface area contributed by atoms with Crippen LogP contribution in [0.3, 0.4) is 0 Å². The van der Waals surface area contributed by atoms with Crippen molar-refractivity contribution in [2.75, 3.05) is 19.6 Å².